The number of nitrogens with two attached hydrogens (primary N) is 1. The molecule has 1 aromatic heterocycles. The number of hydrogen-bond acceptors (Lipinski definition) is 2. The molecule has 0 aliphatic heterocycles. The lowest BCUT2D eigenvalue weighted by molar-refractivity contribution is 0.245. The van der Waals surface area contributed by atoms with Gasteiger partial charge in [-0.25, -0.2) is 4.98 Å². The minimum absolute atomic E-state index is 0.173. The summed E-state index contributed by atoms with van der Waals surface area (Å²) in [7, 11) is 0. The normalized spacial score (nSPS) is 14.4. The van der Waals surface area contributed by atoms with Crippen LogP contribution in [-0.2, 0) is 0 Å². The molecule has 0 spiro atoms. The van der Waals surface area contributed by atoms with E-state index in [1.165, 1.54) is 5.69 Å². The molecule has 0 aliphatic rings. The van der Waals surface area contributed by atoms with Crippen LogP contribution in [0, 0.1) is 19.3 Å². The van der Waals surface area contributed by atoms with E-state index >= 15 is 0 Å². The first-order valence-electron chi connectivity index (χ1n) is 5.08. The van der Waals surface area contributed by atoms with Crippen LogP contribution in [0.5, 0.6) is 0 Å². The van der Waals surface area contributed by atoms with Gasteiger partial charge in [0.2, 0.25) is 0 Å². The summed E-state index contributed by atoms with van der Waals surface area (Å²) in [6.45, 7) is 11.4. The molecule has 1 unspecified atom stereocenters. The van der Waals surface area contributed by atoms with Gasteiger partial charge in [-0.15, -0.1) is 0 Å². The van der Waals surface area contributed by atoms with Gasteiger partial charge in [-0.3, -0.25) is 0 Å². The van der Waals surface area contributed by atoms with E-state index in [2.05, 4.69) is 37.2 Å². The second-order valence-corrected chi connectivity index (χ2v) is 4.94. The summed E-state index contributed by atoms with van der Waals surface area (Å²) in [5.41, 5.74) is 8.30. The molecule has 1 rings (SSSR count). The molecule has 0 saturated carbocycles. The zero-order valence-electron chi connectivity index (χ0n) is 9.83. The summed E-state index contributed by atoms with van der Waals surface area (Å²) in [5.74, 6) is 0. The van der Waals surface area contributed by atoms with E-state index in [-0.39, 0.29) is 5.41 Å². The molecule has 14 heavy (non-hydrogen) atoms. The first-order chi connectivity index (χ1) is 6.38. The van der Waals surface area contributed by atoms with Crippen molar-refractivity contribution in [3.63, 3.8) is 0 Å². The minimum atomic E-state index is 0.173. The molecule has 80 valence electrons. The number of aryl methyl sites for hydroxylation is 1. The average molecular weight is 195 g/mol. The summed E-state index contributed by atoms with van der Waals surface area (Å²) in [6, 6.07) is 0.323. The Morgan fingerprint density at radius 2 is 2.00 bits per heavy atom. The van der Waals surface area contributed by atoms with Crippen molar-refractivity contribution in [2.24, 2.45) is 11.1 Å². The quantitative estimate of drug-likeness (QED) is 0.785. The standard InChI is InChI=1S/C11H21N3/c1-8-9(2)14(7-13-8)10(6-12)11(3,4)5/h7,10H,6,12H2,1-5H3. The molecule has 0 radical (unpaired) electrons. The molecule has 1 heterocycles. The van der Waals surface area contributed by atoms with E-state index in [0.29, 0.717) is 12.6 Å². The maximum absolute atomic E-state index is 5.82. The lowest BCUT2D eigenvalue weighted by Gasteiger charge is -2.31. The second-order valence-electron chi connectivity index (χ2n) is 4.94. The summed E-state index contributed by atoms with van der Waals surface area (Å²) in [6.07, 6.45) is 1.90. The number of hydrogen-bond donors (Lipinski definition) is 1. The zero-order chi connectivity index (χ0) is 10.9. The molecule has 0 amide bonds. The number of nitrogens with zero attached hydrogens (tertiary/aromatic N) is 2. The van der Waals surface area contributed by atoms with Gasteiger partial charge < -0.3 is 10.3 Å². The Kier molecular flexibility index (Phi) is 3.00. The van der Waals surface area contributed by atoms with Crippen LogP contribution < -0.4 is 5.73 Å². The fourth-order valence-corrected chi connectivity index (χ4v) is 1.71. The van der Waals surface area contributed by atoms with Gasteiger partial charge in [0.1, 0.15) is 0 Å². The van der Waals surface area contributed by atoms with E-state index in [9.17, 15) is 0 Å². The van der Waals surface area contributed by atoms with Crippen molar-refractivity contribution in [2.45, 2.75) is 40.7 Å². The third-order valence-electron chi connectivity index (χ3n) is 2.85. The first-order valence-corrected chi connectivity index (χ1v) is 5.08. The topological polar surface area (TPSA) is 43.8 Å². The van der Waals surface area contributed by atoms with Gasteiger partial charge in [-0.05, 0) is 19.3 Å². The lowest BCUT2D eigenvalue weighted by Crippen LogP contribution is -2.31. The highest BCUT2D eigenvalue weighted by atomic mass is 15.1. The van der Waals surface area contributed by atoms with Crippen LogP contribution in [-0.4, -0.2) is 16.1 Å². The van der Waals surface area contributed by atoms with Crippen molar-refractivity contribution in [3.8, 4) is 0 Å². The molecular formula is C11H21N3. The maximum Gasteiger partial charge on any atom is 0.0954 e. The molecule has 0 fully saturated rings. The predicted molar refractivity (Wildman–Crippen MR) is 59.2 cm³/mol. The maximum atomic E-state index is 5.82. The van der Waals surface area contributed by atoms with Crippen LogP contribution in [0.3, 0.4) is 0 Å². The number of imidazole rings is 1. The summed E-state index contributed by atoms with van der Waals surface area (Å²) >= 11 is 0. The molecule has 0 bridgehead atoms. The number of rotatable bonds is 2. The van der Waals surface area contributed by atoms with Gasteiger partial charge >= 0.3 is 0 Å². The van der Waals surface area contributed by atoms with Gasteiger partial charge in [-0.1, -0.05) is 20.8 Å². The first kappa shape index (κ1) is 11.2. The van der Waals surface area contributed by atoms with Crippen molar-refractivity contribution < 1.29 is 0 Å². The Bertz CT molecular complexity index is 307. The minimum Gasteiger partial charge on any atom is -0.330 e. The molecule has 0 aliphatic carbocycles. The van der Waals surface area contributed by atoms with E-state index in [4.69, 9.17) is 5.73 Å². The Balaban J connectivity index is 3.08. The largest absolute Gasteiger partial charge is 0.330 e. The average Bonchev–Trinajstić information content (AvgIpc) is 2.35. The van der Waals surface area contributed by atoms with Gasteiger partial charge in [0, 0.05) is 12.2 Å². The fourth-order valence-electron chi connectivity index (χ4n) is 1.71. The van der Waals surface area contributed by atoms with Crippen molar-refractivity contribution in [2.75, 3.05) is 6.54 Å². The molecule has 2 N–H and O–H groups in total. The van der Waals surface area contributed by atoms with Crippen LogP contribution >= 0.6 is 0 Å². The van der Waals surface area contributed by atoms with E-state index < -0.39 is 0 Å². The molecule has 0 aromatic carbocycles. The Hall–Kier alpha value is -0.830. The highest BCUT2D eigenvalue weighted by Gasteiger charge is 2.26. The highest BCUT2D eigenvalue weighted by molar-refractivity contribution is 5.10. The Morgan fingerprint density at radius 3 is 2.29 bits per heavy atom. The van der Waals surface area contributed by atoms with Crippen LogP contribution in [0.2, 0.25) is 0 Å². The van der Waals surface area contributed by atoms with Gasteiger partial charge in [-0.2, -0.15) is 0 Å². The summed E-state index contributed by atoms with van der Waals surface area (Å²) < 4.78 is 2.19. The van der Waals surface area contributed by atoms with Crippen LogP contribution in [0.15, 0.2) is 6.33 Å². The fraction of sp³-hybridized carbons (Fsp3) is 0.727. The molecule has 1 aromatic rings. The Morgan fingerprint density at radius 1 is 1.43 bits per heavy atom. The Labute approximate surface area is 86.3 Å². The third-order valence-corrected chi connectivity index (χ3v) is 2.85. The molecule has 0 saturated heterocycles. The molecule has 1 atom stereocenters. The SMILES string of the molecule is Cc1ncn(C(CN)C(C)(C)C)c1C. The summed E-state index contributed by atoms with van der Waals surface area (Å²) in [4.78, 5) is 4.31. The van der Waals surface area contributed by atoms with Crippen LogP contribution in [0.25, 0.3) is 0 Å². The lowest BCUT2D eigenvalue weighted by atomic mass is 9.86. The van der Waals surface area contributed by atoms with E-state index in [0.717, 1.165) is 5.69 Å². The van der Waals surface area contributed by atoms with Crippen molar-refractivity contribution in [1.29, 1.82) is 0 Å². The highest BCUT2D eigenvalue weighted by Crippen LogP contribution is 2.30. The molecular weight excluding hydrogens is 174 g/mol. The smallest absolute Gasteiger partial charge is 0.0954 e. The third kappa shape index (κ3) is 1.98. The van der Waals surface area contributed by atoms with Crippen molar-refractivity contribution in [1.82, 2.24) is 9.55 Å². The second kappa shape index (κ2) is 3.73. The predicted octanol–water partition coefficient (Wildman–Crippen LogP) is 2.05. The monoisotopic (exact) mass is 195 g/mol. The van der Waals surface area contributed by atoms with Gasteiger partial charge in [0.05, 0.1) is 18.1 Å². The van der Waals surface area contributed by atoms with E-state index in [1.807, 2.05) is 13.3 Å². The van der Waals surface area contributed by atoms with Gasteiger partial charge in [0.15, 0.2) is 0 Å². The van der Waals surface area contributed by atoms with Crippen molar-refractivity contribution in [3.05, 3.63) is 17.7 Å². The number of aromatic nitrogens is 2. The zero-order valence-corrected chi connectivity index (χ0v) is 9.83. The van der Waals surface area contributed by atoms with Gasteiger partial charge in [0.25, 0.3) is 0 Å². The summed E-state index contributed by atoms with van der Waals surface area (Å²) in [5, 5.41) is 0. The van der Waals surface area contributed by atoms with Crippen molar-refractivity contribution >= 4 is 0 Å². The molecule has 3 nitrogen and oxygen atoms in total. The van der Waals surface area contributed by atoms with E-state index in [1.54, 1.807) is 0 Å². The van der Waals surface area contributed by atoms with Crippen LogP contribution in [0.1, 0.15) is 38.2 Å². The van der Waals surface area contributed by atoms with Crippen LogP contribution in [0.4, 0.5) is 0 Å². The molecule has 3 heteroatoms.